The zero-order chi connectivity index (χ0) is 21.7. The van der Waals surface area contributed by atoms with Gasteiger partial charge in [0, 0.05) is 36.9 Å². The predicted molar refractivity (Wildman–Crippen MR) is 127 cm³/mol. The molecular formula is C21H24Cl2N4O2S. The normalized spacial score (nSPS) is 14.3. The molecule has 1 fully saturated rings. The van der Waals surface area contributed by atoms with E-state index in [0.29, 0.717) is 27.0 Å². The lowest BCUT2D eigenvalue weighted by Crippen LogP contribution is -2.46. The molecule has 0 radical (unpaired) electrons. The van der Waals surface area contributed by atoms with E-state index in [1.165, 1.54) is 13.2 Å². The number of carbonyl (C=O) groups excluding carboxylic acids is 1. The van der Waals surface area contributed by atoms with Crippen LogP contribution in [0.4, 0.5) is 11.4 Å². The van der Waals surface area contributed by atoms with E-state index in [2.05, 4.69) is 27.4 Å². The smallest absolute Gasteiger partial charge is 0.261 e. The number of benzene rings is 2. The molecule has 1 heterocycles. The van der Waals surface area contributed by atoms with Crippen molar-refractivity contribution in [2.75, 3.05) is 50.1 Å². The molecule has 1 aliphatic rings. The van der Waals surface area contributed by atoms with Crippen molar-refractivity contribution in [2.45, 2.75) is 6.92 Å². The van der Waals surface area contributed by atoms with Crippen LogP contribution in [-0.2, 0) is 0 Å². The molecule has 0 bridgehead atoms. The SMILES string of the molecule is CCN1CCN(c2ccc(NC(=S)NC(=O)c3cc(Cl)ccc3OC)cc2Cl)CC1. The Bertz CT molecular complexity index is 933. The monoisotopic (exact) mass is 466 g/mol. The van der Waals surface area contributed by atoms with Crippen LogP contribution in [0.15, 0.2) is 36.4 Å². The van der Waals surface area contributed by atoms with Gasteiger partial charge in [-0.2, -0.15) is 0 Å². The molecule has 1 aliphatic heterocycles. The second kappa shape index (κ2) is 10.3. The zero-order valence-corrected chi connectivity index (χ0v) is 19.2. The van der Waals surface area contributed by atoms with Gasteiger partial charge in [-0.3, -0.25) is 10.1 Å². The highest BCUT2D eigenvalue weighted by Gasteiger charge is 2.18. The molecule has 0 atom stereocenters. The molecular weight excluding hydrogens is 443 g/mol. The van der Waals surface area contributed by atoms with Gasteiger partial charge < -0.3 is 19.9 Å². The Kier molecular flexibility index (Phi) is 7.77. The number of likely N-dealkylation sites (N-methyl/N-ethyl adjacent to an activating group) is 1. The molecule has 2 aromatic carbocycles. The first-order valence-electron chi connectivity index (χ1n) is 9.64. The van der Waals surface area contributed by atoms with Crippen molar-refractivity contribution in [1.29, 1.82) is 0 Å². The number of nitrogens with zero attached hydrogens (tertiary/aromatic N) is 2. The van der Waals surface area contributed by atoms with E-state index in [1.807, 2.05) is 18.2 Å². The first kappa shape index (κ1) is 22.6. The van der Waals surface area contributed by atoms with Gasteiger partial charge in [0.05, 0.1) is 23.4 Å². The third kappa shape index (κ3) is 5.55. The molecule has 0 aromatic heterocycles. The molecule has 1 saturated heterocycles. The fraction of sp³-hybridized carbons (Fsp3) is 0.333. The summed E-state index contributed by atoms with van der Waals surface area (Å²) < 4.78 is 5.21. The second-order valence-corrected chi connectivity index (χ2v) is 8.09. The number of rotatable bonds is 5. The Balaban J connectivity index is 1.62. The molecule has 2 N–H and O–H groups in total. The van der Waals surface area contributed by atoms with Gasteiger partial charge >= 0.3 is 0 Å². The number of halogens is 2. The van der Waals surface area contributed by atoms with Crippen molar-refractivity contribution in [3.05, 3.63) is 52.0 Å². The average Bonchev–Trinajstić information content (AvgIpc) is 2.74. The van der Waals surface area contributed by atoms with E-state index in [0.717, 1.165) is 38.4 Å². The number of anilines is 2. The van der Waals surface area contributed by atoms with Crippen LogP contribution >= 0.6 is 35.4 Å². The maximum atomic E-state index is 12.5. The van der Waals surface area contributed by atoms with Gasteiger partial charge in [0.15, 0.2) is 5.11 Å². The minimum absolute atomic E-state index is 0.155. The molecule has 1 amide bonds. The summed E-state index contributed by atoms with van der Waals surface area (Å²) in [5.41, 5.74) is 1.99. The largest absolute Gasteiger partial charge is 0.496 e. The van der Waals surface area contributed by atoms with Crippen molar-refractivity contribution in [3.8, 4) is 5.75 Å². The summed E-state index contributed by atoms with van der Waals surface area (Å²) >= 11 is 17.8. The van der Waals surface area contributed by atoms with Crippen molar-refractivity contribution in [2.24, 2.45) is 0 Å². The molecule has 160 valence electrons. The van der Waals surface area contributed by atoms with Gasteiger partial charge in [-0.25, -0.2) is 0 Å². The summed E-state index contributed by atoms with van der Waals surface area (Å²) in [6.45, 7) is 7.17. The highest BCUT2D eigenvalue weighted by Crippen LogP contribution is 2.30. The van der Waals surface area contributed by atoms with Crippen molar-refractivity contribution >= 4 is 57.8 Å². The van der Waals surface area contributed by atoms with Crippen LogP contribution < -0.4 is 20.3 Å². The lowest BCUT2D eigenvalue weighted by molar-refractivity contribution is 0.0975. The van der Waals surface area contributed by atoms with Gasteiger partial charge in [0.25, 0.3) is 5.91 Å². The van der Waals surface area contributed by atoms with E-state index < -0.39 is 5.91 Å². The quantitative estimate of drug-likeness (QED) is 0.641. The number of thiocarbonyl (C=S) groups is 1. The molecule has 0 spiro atoms. The van der Waals surface area contributed by atoms with Crippen molar-refractivity contribution < 1.29 is 9.53 Å². The first-order chi connectivity index (χ1) is 14.4. The van der Waals surface area contributed by atoms with Crippen LogP contribution in [-0.4, -0.2) is 55.8 Å². The predicted octanol–water partition coefficient (Wildman–Crippen LogP) is 4.27. The number of ether oxygens (including phenoxy) is 1. The van der Waals surface area contributed by atoms with Gasteiger partial charge in [0.1, 0.15) is 5.75 Å². The summed E-state index contributed by atoms with van der Waals surface area (Å²) in [6.07, 6.45) is 0. The van der Waals surface area contributed by atoms with E-state index >= 15 is 0 Å². The summed E-state index contributed by atoms with van der Waals surface area (Å²) in [7, 11) is 1.49. The summed E-state index contributed by atoms with van der Waals surface area (Å²) in [5.74, 6) is -0.00127. The van der Waals surface area contributed by atoms with Gasteiger partial charge in [0.2, 0.25) is 0 Å². The number of hydrogen-bond donors (Lipinski definition) is 2. The minimum Gasteiger partial charge on any atom is -0.496 e. The molecule has 6 nitrogen and oxygen atoms in total. The van der Waals surface area contributed by atoms with Crippen LogP contribution in [0.5, 0.6) is 5.75 Å². The van der Waals surface area contributed by atoms with Crippen molar-refractivity contribution in [3.63, 3.8) is 0 Å². The number of carbonyl (C=O) groups is 1. The van der Waals surface area contributed by atoms with E-state index in [9.17, 15) is 4.79 Å². The Labute approximate surface area is 192 Å². The number of hydrogen-bond acceptors (Lipinski definition) is 5. The Hall–Kier alpha value is -2.06. The fourth-order valence-electron chi connectivity index (χ4n) is 3.34. The first-order valence-corrected chi connectivity index (χ1v) is 10.8. The van der Waals surface area contributed by atoms with Gasteiger partial charge in [-0.1, -0.05) is 30.1 Å². The average molecular weight is 467 g/mol. The Morgan fingerprint density at radius 1 is 1.13 bits per heavy atom. The molecule has 0 unspecified atom stereocenters. The lowest BCUT2D eigenvalue weighted by atomic mass is 10.2. The summed E-state index contributed by atoms with van der Waals surface area (Å²) in [6, 6.07) is 10.5. The van der Waals surface area contributed by atoms with Gasteiger partial charge in [-0.05, 0) is 55.2 Å². The van der Waals surface area contributed by atoms with Gasteiger partial charge in [-0.15, -0.1) is 0 Å². The minimum atomic E-state index is -0.414. The van der Waals surface area contributed by atoms with Crippen LogP contribution in [0.3, 0.4) is 0 Å². The molecule has 0 saturated carbocycles. The second-order valence-electron chi connectivity index (χ2n) is 6.84. The van der Waals surface area contributed by atoms with E-state index in [-0.39, 0.29) is 5.11 Å². The summed E-state index contributed by atoms with van der Waals surface area (Å²) in [4.78, 5) is 17.2. The van der Waals surface area contributed by atoms with Crippen molar-refractivity contribution in [1.82, 2.24) is 10.2 Å². The number of amides is 1. The van der Waals surface area contributed by atoms with Crippen LogP contribution in [0.25, 0.3) is 0 Å². The standard InChI is InChI=1S/C21H24Cl2N4O2S/c1-3-26-8-10-27(11-9-26)18-6-5-15(13-17(18)23)24-21(30)25-20(28)16-12-14(22)4-7-19(16)29-2/h4-7,12-13H,3,8-11H2,1-2H3,(H2,24,25,28,30). The Morgan fingerprint density at radius 2 is 1.87 bits per heavy atom. The molecule has 9 heteroatoms. The highest BCUT2D eigenvalue weighted by atomic mass is 35.5. The highest BCUT2D eigenvalue weighted by molar-refractivity contribution is 7.80. The fourth-order valence-corrected chi connectivity index (χ4v) is 4.02. The third-order valence-corrected chi connectivity index (χ3v) is 5.74. The maximum absolute atomic E-state index is 12.5. The number of piperazine rings is 1. The number of nitrogens with one attached hydrogen (secondary N) is 2. The van der Waals surface area contributed by atoms with Crippen LogP contribution in [0.2, 0.25) is 10.0 Å². The molecule has 0 aliphatic carbocycles. The zero-order valence-electron chi connectivity index (χ0n) is 16.9. The molecule has 2 aromatic rings. The van der Waals surface area contributed by atoms with Crippen LogP contribution in [0, 0.1) is 0 Å². The van der Waals surface area contributed by atoms with Crippen LogP contribution in [0.1, 0.15) is 17.3 Å². The van der Waals surface area contributed by atoms with E-state index in [1.54, 1.807) is 12.1 Å². The Morgan fingerprint density at radius 3 is 2.50 bits per heavy atom. The number of methoxy groups -OCH3 is 1. The van der Waals surface area contributed by atoms with E-state index in [4.69, 9.17) is 40.2 Å². The lowest BCUT2D eigenvalue weighted by Gasteiger charge is -2.36. The molecule has 30 heavy (non-hydrogen) atoms. The third-order valence-electron chi connectivity index (χ3n) is 5.00. The maximum Gasteiger partial charge on any atom is 0.261 e. The molecule has 3 rings (SSSR count). The summed E-state index contributed by atoms with van der Waals surface area (Å²) in [5, 5.41) is 6.86. The topological polar surface area (TPSA) is 56.8 Å².